The van der Waals surface area contributed by atoms with E-state index in [9.17, 15) is 68.1 Å². The van der Waals surface area contributed by atoms with E-state index in [-0.39, 0.29) is 71.2 Å². The molecule has 0 aliphatic carbocycles. The van der Waals surface area contributed by atoms with Gasteiger partial charge in [-0.25, -0.2) is 0 Å². The second-order valence-electron chi connectivity index (χ2n) is 18.2. The molecular formula is C45H84N16O14. The molecule has 0 saturated carbocycles. The molecule has 1 rings (SSSR count). The number of hydrogen-bond acceptors (Lipinski definition) is 19. The van der Waals surface area contributed by atoms with Crippen molar-refractivity contribution in [3.63, 3.8) is 0 Å². The zero-order chi connectivity index (χ0) is 56.8. The predicted molar refractivity (Wildman–Crippen MR) is 270 cm³/mol. The fourth-order valence-electron chi connectivity index (χ4n) is 7.45. The third-order valence-electron chi connectivity index (χ3n) is 11.7. The second-order valence-corrected chi connectivity index (χ2v) is 18.2. The normalized spacial score (nSPS) is 23.3. The van der Waals surface area contributed by atoms with Crippen molar-refractivity contribution in [3.05, 3.63) is 0 Å². The highest BCUT2D eigenvalue weighted by atomic mass is 16.3. The molecule has 1 aliphatic rings. The maximum atomic E-state index is 14.1. The van der Waals surface area contributed by atoms with Crippen LogP contribution < -0.4 is 87.2 Å². The van der Waals surface area contributed by atoms with Gasteiger partial charge in [-0.2, -0.15) is 0 Å². The van der Waals surface area contributed by atoms with Crippen LogP contribution in [0, 0.1) is 0 Å². The van der Waals surface area contributed by atoms with Crippen molar-refractivity contribution in [2.24, 2.45) is 28.7 Å². The summed E-state index contributed by atoms with van der Waals surface area (Å²) in [4.78, 5) is 149. The monoisotopic (exact) mass is 1070 g/mol. The average molecular weight is 1070 g/mol. The van der Waals surface area contributed by atoms with Crippen molar-refractivity contribution in [1.82, 2.24) is 58.5 Å². The highest BCUT2D eigenvalue weighted by Crippen LogP contribution is 2.07. The molecule has 75 heavy (non-hydrogen) atoms. The fourth-order valence-corrected chi connectivity index (χ4v) is 7.45. The zero-order valence-electron chi connectivity index (χ0n) is 43.4. The van der Waals surface area contributed by atoms with Gasteiger partial charge in [0.25, 0.3) is 0 Å². The van der Waals surface area contributed by atoms with Crippen molar-refractivity contribution in [1.29, 1.82) is 0 Å². The van der Waals surface area contributed by atoms with Gasteiger partial charge >= 0.3 is 0 Å². The van der Waals surface area contributed by atoms with E-state index in [4.69, 9.17) is 28.7 Å². The molecule has 0 spiro atoms. The zero-order valence-corrected chi connectivity index (χ0v) is 43.4. The van der Waals surface area contributed by atoms with Crippen molar-refractivity contribution < 1.29 is 68.1 Å². The molecule has 1 aliphatic heterocycles. The Bertz CT molecular complexity index is 1900. The average Bonchev–Trinajstić information content (AvgIpc) is 3.34. The lowest BCUT2D eigenvalue weighted by atomic mass is 10.1. The molecule has 0 radical (unpaired) electrons. The first kappa shape index (κ1) is 66.9. The van der Waals surface area contributed by atoms with Gasteiger partial charge in [0.05, 0.1) is 24.9 Å². The number of amides is 11. The largest absolute Gasteiger partial charge is 0.391 e. The predicted octanol–water partition coefficient (Wildman–Crippen LogP) is -9.16. The summed E-state index contributed by atoms with van der Waals surface area (Å²) in [6, 6.07) is -13.9. The van der Waals surface area contributed by atoms with Gasteiger partial charge in [-0.15, -0.1) is 0 Å². The summed E-state index contributed by atoms with van der Waals surface area (Å²) in [7, 11) is 0. The number of unbranched alkanes of at least 4 members (excludes halogenated alkanes) is 3. The van der Waals surface area contributed by atoms with Gasteiger partial charge in [0.1, 0.15) is 54.4 Å². The quantitative estimate of drug-likeness (QED) is 0.0378. The van der Waals surface area contributed by atoms with Crippen LogP contribution in [0.3, 0.4) is 0 Å². The molecule has 11 amide bonds. The van der Waals surface area contributed by atoms with E-state index >= 15 is 0 Å². The van der Waals surface area contributed by atoms with Gasteiger partial charge in [0, 0.05) is 13.0 Å². The summed E-state index contributed by atoms with van der Waals surface area (Å²) >= 11 is 0. The van der Waals surface area contributed by atoms with Crippen LogP contribution in [-0.2, 0) is 52.7 Å². The summed E-state index contributed by atoms with van der Waals surface area (Å²) in [5.41, 5.74) is 28.7. The molecule has 0 bridgehead atoms. The minimum absolute atomic E-state index is 0.0179. The van der Waals surface area contributed by atoms with Gasteiger partial charge in [-0.3, -0.25) is 52.7 Å². The third-order valence-corrected chi connectivity index (χ3v) is 11.7. The standard InChI is InChI=1S/C45H84N16O14/c1-5-6-7-8-9-32(65)53-27(11-17-47)41(71)61-36(25(4)64)45(75)58-29(13-19-49)39(69)56-31-15-21-51-43(73)34(23(2)62)60-42(72)30(14-20-50)55-38(68)28(12-18-48)57-44(74)35(24(3)63)59-33(66)22-52-37(67)26(10-16-46)54-40(31)70/h23-31,34-36,62-64H,5-22,46-50H2,1-4H3,(H,51,73)(H,52,67)(H,53,65)(H,54,70)(H,55,68)(H,56,69)(H,57,74)(H,58,75)(H,59,66)(H,60,72)(H,61,71)/t23-,24-,25-,26+,27+,28+,29+,30+,31+,34+,35+,36+/m1/s1. The Morgan fingerprint density at radius 2 is 1.07 bits per heavy atom. The molecule has 24 N–H and O–H groups in total. The van der Waals surface area contributed by atoms with E-state index in [1.165, 1.54) is 13.8 Å². The maximum absolute atomic E-state index is 14.1. The van der Waals surface area contributed by atoms with Gasteiger partial charge in [0.15, 0.2) is 0 Å². The lowest BCUT2D eigenvalue weighted by Gasteiger charge is -2.28. The third kappa shape index (κ3) is 24.4. The number of hydrogen-bond donors (Lipinski definition) is 19. The van der Waals surface area contributed by atoms with Crippen LogP contribution >= 0.6 is 0 Å². The summed E-state index contributed by atoms with van der Waals surface area (Å²) in [6.07, 6.45) is -2.74. The van der Waals surface area contributed by atoms with E-state index < -0.39 is 157 Å². The van der Waals surface area contributed by atoms with Crippen LogP contribution in [0.1, 0.15) is 98.3 Å². The van der Waals surface area contributed by atoms with Crippen molar-refractivity contribution in [2.75, 3.05) is 45.8 Å². The lowest BCUT2D eigenvalue weighted by Crippen LogP contribution is -2.61. The molecule has 0 aromatic heterocycles. The number of carbonyl (C=O) groups is 11. The minimum Gasteiger partial charge on any atom is -0.391 e. The highest BCUT2D eigenvalue weighted by molar-refractivity contribution is 5.98. The Labute approximate surface area is 436 Å². The molecule has 30 heteroatoms. The highest BCUT2D eigenvalue weighted by Gasteiger charge is 2.37. The molecule has 1 fully saturated rings. The van der Waals surface area contributed by atoms with Gasteiger partial charge in [-0.1, -0.05) is 26.2 Å². The molecular weight excluding hydrogens is 989 g/mol. The molecule has 1 saturated heterocycles. The lowest BCUT2D eigenvalue weighted by molar-refractivity contribution is -0.137. The Hall–Kier alpha value is -6.15. The fraction of sp³-hybridized carbons (Fsp3) is 0.756. The van der Waals surface area contributed by atoms with Crippen LogP contribution in [0.25, 0.3) is 0 Å². The number of nitrogens with two attached hydrogens (primary N) is 5. The van der Waals surface area contributed by atoms with E-state index in [2.05, 4.69) is 58.5 Å². The number of aliphatic hydroxyl groups excluding tert-OH is 3. The Morgan fingerprint density at radius 3 is 1.59 bits per heavy atom. The SMILES string of the molecule is CCCCCCC(=O)N[C@@H](CCN)C(=O)N[C@H](C(=O)N[C@@H](CCN)C(=O)N[C@H]1CCNC(=O)[C@H]([C@@H](C)O)NC(=O)[C@H](CCN)NC(=O)[C@H](CCN)NC(=O)[C@H]([C@@H](C)O)NC(=O)CNC(=O)[C@H](CCN)NC1=O)[C@@H](C)O. The van der Waals surface area contributed by atoms with E-state index in [0.29, 0.717) is 6.42 Å². The molecule has 12 atom stereocenters. The Kier molecular flexibility index (Phi) is 32.0. The van der Waals surface area contributed by atoms with Gasteiger partial charge < -0.3 is 102 Å². The summed E-state index contributed by atoms with van der Waals surface area (Å²) < 4.78 is 0. The van der Waals surface area contributed by atoms with Gasteiger partial charge in [0.2, 0.25) is 65.0 Å². The Balaban J connectivity index is 3.65. The first-order chi connectivity index (χ1) is 35.5. The smallest absolute Gasteiger partial charge is 0.245 e. The van der Waals surface area contributed by atoms with Crippen LogP contribution in [0.15, 0.2) is 0 Å². The number of carbonyl (C=O) groups excluding carboxylic acids is 11. The van der Waals surface area contributed by atoms with Crippen LogP contribution in [-0.4, -0.2) is 199 Å². The summed E-state index contributed by atoms with van der Waals surface area (Å²) in [5.74, 6) is -10.4. The van der Waals surface area contributed by atoms with Crippen LogP contribution in [0.2, 0.25) is 0 Å². The molecule has 0 aromatic carbocycles. The molecule has 0 unspecified atom stereocenters. The first-order valence-corrected chi connectivity index (χ1v) is 25.3. The molecule has 1 heterocycles. The number of nitrogens with one attached hydrogen (secondary N) is 11. The minimum atomic E-state index is -1.70. The van der Waals surface area contributed by atoms with E-state index in [1.54, 1.807) is 0 Å². The topological polar surface area (TPSA) is 511 Å². The summed E-state index contributed by atoms with van der Waals surface area (Å²) in [5, 5.41) is 58.2. The van der Waals surface area contributed by atoms with Crippen molar-refractivity contribution >= 4 is 65.0 Å². The van der Waals surface area contributed by atoms with E-state index in [1.807, 2.05) is 6.92 Å². The molecule has 30 nitrogen and oxygen atoms in total. The first-order valence-electron chi connectivity index (χ1n) is 25.3. The second kappa shape index (κ2) is 35.9. The van der Waals surface area contributed by atoms with Crippen molar-refractivity contribution in [3.8, 4) is 0 Å². The van der Waals surface area contributed by atoms with Gasteiger partial charge in [-0.05, 0) is 98.4 Å². The molecule has 0 aromatic rings. The number of rotatable bonds is 25. The number of aliphatic hydroxyl groups is 3. The Morgan fingerprint density at radius 1 is 0.560 bits per heavy atom. The van der Waals surface area contributed by atoms with Crippen molar-refractivity contribution in [2.45, 2.75) is 171 Å². The van der Waals surface area contributed by atoms with Crippen LogP contribution in [0.4, 0.5) is 0 Å². The molecule has 428 valence electrons. The van der Waals surface area contributed by atoms with E-state index in [0.717, 1.165) is 26.2 Å². The van der Waals surface area contributed by atoms with Crippen LogP contribution in [0.5, 0.6) is 0 Å². The summed E-state index contributed by atoms with van der Waals surface area (Å²) in [6.45, 7) is 3.45. The maximum Gasteiger partial charge on any atom is 0.245 e.